The highest BCUT2D eigenvalue weighted by Gasteiger charge is 2.28. The largest absolute Gasteiger partial charge is 0.321 e. The summed E-state index contributed by atoms with van der Waals surface area (Å²) in [7, 11) is -3.73. The van der Waals surface area contributed by atoms with Crippen LogP contribution in [-0.4, -0.2) is 41.9 Å². The second kappa shape index (κ2) is 7.56. The number of carbonyl (C=O) groups is 1. The number of nitrogens with zero attached hydrogens (tertiary/aromatic N) is 2. The Bertz CT molecular complexity index is 963. The van der Waals surface area contributed by atoms with Crippen LogP contribution in [0.1, 0.15) is 29.8 Å². The number of nitrogens with one attached hydrogen (secondary N) is 2. The van der Waals surface area contributed by atoms with Crippen molar-refractivity contribution in [1.82, 2.24) is 14.5 Å². The lowest BCUT2D eigenvalue weighted by molar-refractivity contribution is 0.102. The summed E-state index contributed by atoms with van der Waals surface area (Å²) in [6, 6.07) is 6.71. The zero-order valence-electron chi connectivity index (χ0n) is 13.7. The second-order valence-corrected chi connectivity index (χ2v) is 8.18. The molecular formula is C16H17ClN4O4S. The molecule has 2 heterocycles. The molecule has 0 atom stereocenters. The summed E-state index contributed by atoms with van der Waals surface area (Å²) >= 11 is 6.10. The van der Waals surface area contributed by atoms with Gasteiger partial charge in [0, 0.05) is 24.8 Å². The third-order valence-electron chi connectivity index (χ3n) is 4.03. The van der Waals surface area contributed by atoms with Crippen molar-refractivity contribution in [1.29, 1.82) is 0 Å². The van der Waals surface area contributed by atoms with E-state index in [4.69, 9.17) is 11.6 Å². The minimum absolute atomic E-state index is 0.0000114. The number of amides is 1. The Kier molecular flexibility index (Phi) is 5.40. The molecular weight excluding hydrogens is 380 g/mol. The summed E-state index contributed by atoms with van der Waals surface area (Å²) in [6.45, 7) is 0.910. The molecule has 10 heteroatoms. The van der Waals surface area contributed by atoms with Crippen LogP contribution in [0.25, 0.3) is 0 Å². The normalized spacial score (nSPS) is 15.6. The number of hydrogen-bond acceptors (Lipinski definition) is 5. The van der Waals surface area contributed by atoms with E-state index in [2.05, 4.69) is 15.5 Å². The molecule has 1 fully saturated rings. The highest BCUT2D eigenvalue weighted by atomic mass is 35.5. The molecule has 1 aliphatic heterocycles. The fourth-order valence-corrected chi connectivity index (χ4v) is 4.71. The summed E-state index contributed by atoms with van der Waals surface area (Å²) < 4.78 is 27.1. The number of sulfonamides is 1. The predicted molar refractivity (Wildman–Crippen MR) is 96.9 cm³/mol. The molecule has 2 N–H and O–H groups in total. The third kappa shape index (κ3) is 3.95. The number of rotatable bonds is 4. The minimum atomic E-state index is -3.73. The van der Waals surface area contributed by atoms with Crippen LogP contribution in [0.4, 0.5) is 5.69 Å². The Morgan fingerprint density at radius 3 is 2.54 bits per heavy atom. The van der Waals surface area contributed by atoms with Gasteiger partial charge in [0.25, 0.3) is 11.5 Å². The van der Waals surface area contributed by atoms with E-state index in [1.165, 1.54) is 34.6 Å². The SMILES string of the molecule is O=C(Nc1ccc(Cl)c(S(=O)(=O)N2CCCCC2)c1)c1ccc(=O)[nH]n1. The first kappa shape index (κ1) is 18.6. The van der Waals surface area contributed by atoms with Crippen molar-refractivity contribution in [3.05, 3.63) is 51.4 Å². The number of carbonyl (C=O) groups excluding carboxylic acids is 1. The van der Waals surface area contributed by atoms with Crippen LogP contribution in [0.5, 0.6) is 0 Å². The molecule has 26 heavy (non-hydrogen) atoms. The molecule has 0 saturated carbocycles. The van der Waals surface area contributed by atoms with Gasteiger partial charge in [-0.1, -0.05) is 18.0 Å². The first-order valence-electron chi connectivity index (χ1n) is 8.05. The fourth-order valence-electron chi connectivity index (χ4n) is 2.69. The van der Waals surface area contributed by atoms with Gasteiger partial charge in [-0.2, -0.15) is 9.40 Å². The highest BCUT2D eigenvalue weighted by molar-refractivity contribution is 7.89. The van der Waals surface area contributed by atoms with E-state index < -0.39 is 21.5 Å². The maximum atomic E-state index is 12.8. The zero-order chi connectivity index (χ0) is 18.7. The molecule has 2 aromatic rings. The van der Waals surface area contributed by atoms with Gasteiger partial charge in [0.1, 0.15) is 10.6 Å². The highest BCUT2D eigenvalue weighted by Crippen LogP contribution is 2.29. The number of halogens is 1. The Labute approximate surface area is 155 Å². The summed E-state index contributed by atoms with van der Waals surface area (Å²) in [5.74, 6) is -0.579. The van der Waals surface area contributed by atoms with Crippen LogP contribution in [0.2, 0.25) is 5.02 Å². The summed E-state index contributed by atoms with van der Waals surface area (Å²) in [5, 5.41) is 8.45. The molecule has 1 aromatic heterocycles. The third-order valence-corrected chi connectivity index (χ3v) is 6.41. The van der Waals surface area contributed by atoms with Gasteiger partial charge in [-0.05, 0) is 37.1 Å². The summed E-state index contributed by atoms with van der Waals surface area (Å²) in [4.78, 5) is 23.1. The number of anilines is 1. The first-order chi connectivity index (χ1) is 12.4. The molecule has 1 saturated heterocycles. The fraction of sp³-hybridized carbons (Fsp3) is 0.312. The monoisotopic (exact) mass is 396 g/mol. The van der Waals surface area contributed by atoms with Crippen molar-refractivity contribution in [2.24, 2.45) is 0 Å². The van der Waals surface area contributed by atoms with E-state index in [9.17, 15) is 18.0 Å². The van der Waals surface area contributed by atoms with Gasteiger partial charge in [0.2, 0.25) is 10.0 Å². The Morgan fingerprint density at radius 2 is 1.88 bits per heavy atom. The molecule has 1 aromatic carbocycles. The van der Waals surface area contributed by atoms with Gasteiger partial charge in [0.15, 0.2) is 0 Å². The zero-order valence-corrected chi connectivity index (χ0v) is 15.3. The number of aromatic nitrogens is 2. The van der Waals surface area contributed by atoms with Gasteiger partial charge in [-0.25, -0.2) is 13.5 Å². The van der Waals surface area contributed by atoms with Crippen LogP contribution in [0.15, 0.2) is 40.0 Å². The van der Waals surface area contributed by atoms with Gasteiger partial charge >= 0.3 is 0 Å². The molecule has 1 aliphatic rings. The van der Waals surface area contributed by atoms with Gasteiger partial charge in [-0.15, -0.1) is 0 Å². The quantitative estimate of drug-likeness (QED) is 0.818. The summed E-state index contributed by atoms with van der Waals surface area (Å²) in [6.07, 6.45) is 2.62. The summed E-state index contributed by atoms with van der Waals surface area (Å²) in [5.41, 5.74) is -0.161. The number of aromatic amines is 1. The van der Waals surface area contributed by atoms with E-state index >= 15 is 0 Å². The average Bonchev–Trinajstić information content (AvgIpc) is 2.64. The topological polar surface area (TPSA) is 112 Å². The van der Waals surface area contributed by atoms with E-state index in [0.29, 0.717) is 13.1 Å². The molecule has 0 aliphatic carbocycles. The first-order valence-corrected chi connectivity index (χ1v) is 9.86. The molecule has 0 spiro atoms. The Hall–Kier alpha value is -2.23. The molecule has 138 valence electrons. The van der Waals surface area contributed by atoms with E-state index in [1.54, 1.807) is 0 Å². The second-order valence-electron chi connectivity index (χ2n) is 5.87. The molecule has 8 nitrogen and oxygen atoms in total. The van der Waals surface area contributed by atoms with Crippen molar-refractivity contribution in [3.63, 3.8) is 0 Å². The lowest BCUT2D eigenvalue weighted by atomic mass is 10.2. The van der Waals surface area contributed by atoms with Crippen LogP contribution in [0, 0.1) is 0 Å². The average molecular weight is 397 g/mol. The van der Waals surface area contributed by atoms with E-state index in [0.717, 1.165) is 19.3 Å². The van der Waals surface area contributed by atoms with Crippen LogP contribution < -0.4 is 10.9 Å². The van der Waals surface area contributed by atoms with Crippen molar-refractivity contribution in [2.75, 3.05) is 18.4 Å². The predicted octanol–water partition coefficient (Wildman–Crippen LogP) is 1.85. The van der Waals surface area contributed by atoms with Crippen molar-refractivity contribution < 1.29 is 13.2 Å². The maximum Gasteiger partial charge on any atom is 0.276 e. The molecule has 0 bridgehead atoms. The standard InChI is InChI=1S/C16H17ClN4O4S/c17-12-5-4-11(18-16(23)13-6-7-15(22)20-19-13)10-14(12)26(24,25)21-8-2-1-3-9-21/h4-7,10H,1-3,8-9H2,(H,18,23)(H,20,22). The molecule has 0 radical (unpaired) electrons. The van der Waals surface area contributed by atoms with Gasteiger partial charge in [0.05, 0.1) is 5.02 Å². The smallest absolute Gasteiger partial charge is 0.276 e. The van der Waals surface area contributed by atoms with Crippen molar-refractivity contribution in [2.45, 2.75) is 24.2 Å². The van der Waals surface area contributed by atoms with Crippen molar-refractivity contribution in [3.8, 4) is 0 Å². The lowest BCUT2D eigenvalue weighted by Crippen LogP contribution is -2.35. The van der Waals surface area contributed by atoms with E-state index in [-0.39, 0.29) is 21.3 Å². The van der Waals surface area contributed by atoms with Crippen LogP contribution in [0.3, 0.4) is 0 Å². The lowest BCUT2D eigenvalue weighted by Gasteiger charge is -2.26. The molecule has 0 unspecified atom stereocenters. The van der Waals surface area contributed by atoms with E-state index in [1.807, 2.05) is 0 Å². The molecule has 3 rings (SSSR count). The van der Waals surface area contributed by atoms with Crippen LogP contribution in [-0.2, 0) is 10.0 Å². The minimum Gasteiger partial charge on any atom is -0.321 e. The van der Waals surface area contributed by atoms with Gasteiger partial charge < -0.3 is 5.32 Å². The van der Waals surface area contributed by atoms with Crippen LogP contribution >= 0.6 is 11.6 Å². The van der Waals surface area contributed by atoms with Crippen molar-refractivity contribution >= 4 is 33.2 Å². The Balaban J connectivity index is 1.86. The number of hydrogen-bond donors (Lipinski definition) is 2. The molecule has 1 amide bonds. The number of piperidine rings is 1. The number of H-pyrrole nitrogens is 1. The number of benzene rings is 1. The Morgan fingerprint density at radius 1 is 1.15 bits per heavy atom. The van der Waals surface area contributed by atoms with Gasteiger partial charge in [-0.3, -0.25) is 9.59 Å². The maximum absolute atomic E-state index is 12.8.